The lowest BCUT2D eigenvalue weighted by molar-refractivity contribution is -0.549. The van der Waals surface area contributed by atoms with E-state index >= 15 is 0 Å². The van der Waals surface area contributed by atoms with E-state index in [4.69, 9.17) is 0 Å². The van der Waals surface area contributed by atoms with Crippen molar-refractivity contribution >= 4 is 42.8 Å². The minimum Gasteiger partial charge on any atom is -1.00 e. The minimum absolute atomic E-state index is 0. The summed E-state index contributed by atoms with van der Waals surface area (Å²) in [4.78, 5) is 0. The van der Waals surface area contributed by atoms with E-state index in [1.807, 2.05) is 127 Å². The minimum atomic E-state index is 0. The Labute approximate surface area is 223 Å². The fraction of sp³-hybridized carbons (Fsp3) is 0. The van der Waals surface area contributed by atoms with E-state index in [1.165, 1.54) is 0 Å². The molecule has 0 aliphatic rings. The van der Waals surface area contributed by atoms with E-state index in [2.05, 4.69) is 25.8 Å². The average molecular weight is 574 g/mol. The second kappa shape index (κ2) is 17.5. The number of hydrazone groups is 1. The van der Waals surface area contributed by atoms with Crippen molar-refractivity contribution in [1.29, 1.82) is 0 Å². The molecule has 3 N–H and O–H groups in total. The maximum atomic E-state index is 4.27. The van der Waals surface area contributed by atoms with Crippen molar-refractivity contribution in [2.24, 2.45) is 20.4 Å². The molecule has 3 aromatic rings. The van der Waals surface area contributed by atoms with E-state index in [0.717, 1.165) is 16.7 Å². The van der Waals surface area contributed by atoms with Gasteiger partial charge in [-0.25, -0.2) is 5.43 Å². The highest BCUT2D eigenvalue weighted by atomic mass is 127. The summed E-state index contributed by atoms with van der Waals surface area (Å²) >= 11 is 0. The molecule has 0 aromatic heterocycles. The molecule has 3 rings (SSSR count). The van der Waals surface area contributed by atoms with Gasteiger partial charge >= 0.3 is 5.96 Å². The zero-order chi connectivity index (χ0) is 23.5. The number of quaternary nitrogens is 1. The first-order valence-corrected chi connectivity index (χ1v) is 10.8. The summed E-state index contributed by atoms with van der Waals surface area (Å²) in [7, 11) is 0. The highest BCUT2D eigenvalue weighted by molar-refractivity contribution is 5.81. The zero-order valence-corrected chi connectivity index (χ0v) is 21.3. The van der Waals surface area contributed by atoms with Crippen LogP contribution in [0.3, 0.4) is 0 Å². The molecule has 0 amide bonds. The fourth-order valence-corrected chi connectivity index (χ4v) is 2.68. The number of nitrogens with zero attached hydrogens (tertiary/aromatic N) is 4. The maximum Gasteiger partial charge on any atom is 0.365 e. The predicted molar refractivity (Wildman–Crippen MR) is 144 cm³/mol. The number of nitrogens with two attached hydrogens (primary N) is 1. The summed E-state index contributed by atoms with van der Waals surface area (Å²) in [5.74, 6) is 0.401. The third-order valence-corrected chi connectivity index (χ3v) is 4.29. The van der Waals surface area contributed by atoms with Gasteiger partial charge < -0.3 is 24.0 Å². The summed E-state index contributed by atoms with van der Waals surface area (Å²) in [5, 5.41) is 16.7. The van der Waals surface area contributed by atoms with Crippen LogP contribution in [0, 0.1) is 0 Å². The molecule has 0 aliphatic carbocycles. The molecule has 0 spiro atoms. The Balaban J connectivity index is 0.00000432. The maximum absolute atomic E-state index is 4.27. The lowest BCUT2D eigenvalue weighted by Crippen LogP contribution is -3.00. The number of hydrogen-bond donors (Lipinski definition) is 2. The number of rotatable bonds is 9. The lowest BCUT2D eigenvalue weighted by Gasteiger charge is -1.95. The van der Waals surface area contributed by atoms with Crippen LogP contribution in [0.5, 0.6) is 0 Å². The Hall–Kier alpha value is -3.95. The van der Waals surface area contributed by atoms with Crippen LogP contribution in [-0.4, -0.2) is 24.6 Å². The Morgan fingerprint density at radius 3 is 1.57 bits per heavy atom. The molecular weight excluding hydrogens is 547 g/mol. The summed E-state index contributed by atoms with van der Waals surface area (Å²) in [5.41, 5.74) is 7.71. The third-order valence-electron chi connectivity index (χ3n) is 4.29. The molecule has 35 heavy (non-hydrogen) atoms. The van der Waals surface area contributed by atoms with E-state index in [-0.39, 0.29) is 24.0 Å². The van der Waals surface area contributed by atoms with Gasteiger partial charge in [0.05, 0.1) is 6.21 Å². The first kappa shape index (κ1) is 27.3. The first-order valence-electron chi connectivity index (χ1n) is 10.8. The summed E-state index contributed by atoms with van der Waals surface area (Å²) in [6.45, 7) is 0. The van der Waals surface area contributed by atoms with Crippen LogP contribution >= 0.6 is 0 Å². The van der Waals surface area contributed by atoms with Gasteiger partial charge in [-0.15, -0.1) is 0 Å². The Morgan fingerprint density at radius 2 is 1.06 bits per heavy atom. The van der Waals surface area contributed by atoms with Gasteiger partial charge in [-0.1, -0.05) is 119 Å². The number of nitrogens with one attached hydrogen (secondary N) is 1. The Morgan fingerprint density at radius 1 is 0.600 bits per heavy atom. The summed E-state index contributed by atoms with van der Waals surface area (Å²) < 4.78 is 0. The zero-order valence-electron chi connectivity index (χ0n) is 19.1. The molecular formula is C28H27IN6. The van der Waals surface area contributed by atoms with E-state index in [0.29, 0.717) is 5.96 Å². The van der Waals surface area contributed by atoms with Gasteiger partial charge in [-0.05, 0) is 34.9 Å². The van der Waals surface area contributed by atoms with Crippen LogP contribution < -0.4 is 34.8 Å². The molecule has 0 saturated carbocycles. The van der Waals surface area contributed by atoms with Gasteiger partial charge in [0, 0.05) is 12.4 Å². The van der Waals surface area contributed by atoms with Gasteiger partial charge in [0.1, 0.15) is 0 Å². The van der Waals surface area contributed by atoms with E-state index in [1.54, 1.807) is 24.1 Å². The van der Waals surface area contributed by atoms with Gasteiger partial charge in [0.15, 0.2) is 0 Å². The third kappa shape index (κ3) is 12.2. The van der Waals surface area contributed by atoms with Crippen LogP contribution in [0.1, 0.15) is 16.7 Å². The number of hydrogen-bond acceptors (Lipinski definition) is 4. The monoisotopic (exact) mass is 574 g/mol. The van der Waals surface area contributed by atoms with Crippen molar-refractivity contribution in [3.63, 3.8) is 0 Å². The number of benzene rings is 3. The van der Waals surface area contributed by atoms with Crippen molar-refractivity contribution in [3.8, 4) is 0 Å². The quantitative estimate of drug-likeness (QED) is 0.132. The average Bonchev–Trinajstić information content (AvgIpc) is 2.89. The fourth-order valence-electron chi connectivity index (χ4n) is 2.68. The largest absolute Gasteiger partial charge is 1.00 e. The molecule has 0 fully saturated rings. The smallest absolute Gasteiger partial charge is 0.365 e. The van der Waals surface area contributed by atoms with Crippen LogP contribution in [0.25, 0.3) is 18.2 Å². The van der Waals surface area contributed by atoms with Gasteiger partial charge in [0.25, 0.3) is 0 Å². The highest BCUT2D eigenvalue weighted by Crippen LogP contribution is 2.01. The Bertz CT molecular complexity index is 1120. The van der Waals surface area contributed by atoms with Gasteiger partial charge in [-0.2, -0.15) is 15.6 Å². The van der Waals surface area contributed by atoms with Gasteiger partial charge in [-0.3, -0.25) is 0 Å². The molecule has 6 nitrogen and oxygen atoms in total. The SMILES string of the molecule is C(=Cc1ccccc1)C=N/N=C(\NN=CC=Cc1ccccc1)[NH2+]N=CC=Cc1ccccc1.[I-]. The van der Waals surface area contributed by atoms with Crippen LogP contribution in [0.15, 0.2) is 130 Å². The van der Waals surface area contributed by atoms with Crippen molar-refractivity contribution in [1.82, 2.24) is 5.43 Å². The second-order valence-corrected chi connectivity index (χ2v) is 6.88. The molecule has 0 bridgehead atoms. The molecule has 7 heteroatoms. The predicted octanol–water partition coefficient (Wildman–Crippen LogP) is 1.60. The molecule has 0 atom stereocenters. The highest BCUT2D eigenvalue weighted by Gasteiger charge is 1.99. The Kier molecular flexibility index (Phi) is 13.7. The van der Waals surface area contributed by atoms with E-state index in [9.17, 15) is 0 Å². The summed E-state index contributed by atoms with van der Waals surface area (Å²) in [6.07, 6.45) is 16.4. The number of halogens is 1. The van der Waals surface area contributed by atoms with Crippen molar-refractivity contribution < 1.29 is 29.4 Å². The summed E-state index contributed by atoms with van der Waals surface area (Å²) in [6, 6.07) is 30.0. The van der Waals surface area contributed by atoms with Crippen LogP contribution in [0.4, 0.5) is 0 Å². The second-order valence-electron chi connectivity index (χ2n) is 6.88. The van der Waals surface area contributed by atoms with Crippen LogP contribution in [-0.2, 0) is 0 Å². The van der Waals surface area contributed by atoms with Crippen molar-refractivity contribution in [3.05, 3.63) is 126 Å². The number of allylic oxidation sites excluding steroid dienone is 3. The van der Waals surface area contributed by atoms with Gasteiger partial charge in [0.2, 0.25) is 0 Å². The van der Waals surface area contributed by atoms with Crippen molar-refractivity contribution in [2.45, 2.75) is 0 Å². The molecule has 0 unspecified atom stereocenters. The molecule has 176 valence electrons. The van der Waals surface area contributed by atoms with Crippen LogP contribution in [0.2, 0.25) is 0 Å². The first-order chi connectivity index (χ1) is 16.9. The van der Waals surface area contributed by atoms with E-state index < -0.39 is 0 Å². The molecule has 0 saturated heterocycles. The number of guanidine groups is 1. The topological polar surface area (TPSA) is 78.1 Å². The normalized spacial score (nSPS) is 12.5. The molecule has 0 heterocycles. The molecule has 3 aromatic carbocycles. The standard InChI is InChI=1S/C28H26N6.HI/c1-4-13-25(14-5-1)19-10-22-29-32-28(33-30-23-11-20-26-15-6-2-7-16-26)34-31-24-12-21-27-17-8-3-9-18-27;/h1-24H,(H2,32,33,34);1H. The lowest BCUT2D eigenvalue weighted by atomic mass is 10.2. The molecule has 0 aliphatic heterocycles. The van der Waals surface area contributed by atoms with Crippen molar-refractivity contribution in [2.75, 3.05) is 0 Å². The molecule has 0 radical (unpaired) electrons.